The molecule has 1 amide bonds. The summed E-state index contributed by atoms with van der Waals surface area (Å²) in [5.74, 6) is -0.365. The van der Waals surface area contributed by atoms with E-state index in [-0.39, 0.29) is 12.2 Å². The zero-order valence-corrected chi connectivity index (χ0v) is 12.1. The van der Waals surface area contributed by atoms with Crippen molar-refractivity contribution in [2.45, 2.75) is 6.61 Å². The van der Waals surface area contributed by atoms with Gasteiger partial charge >= 0.3 is 0 Å². The van der Waals surface area contributed by atoms with Crippen LogP contribution in [0.15, 0.2) is 42.5 Å². The molecular weight excluding hydrogens is 360 g/mol. The molecule has 2 N–H and O–H groups in total. The molecule has 0 spiro atoms. The van der Waals surface area contributed by atoms with Crippen molar-refractivity contribution in [3.05, 3.63) is 63.0 Å². The van der Waals surface area contributed by atoms with Gasteiger partial charge in [-0.15, -0.1) is 0 Å². The molecule has 5 heteroatoms. The first-order chi connectivity index (χ1) is 9.06. The summed E-state index contributed by atoms with van der Waals surface area (Å²) >= 11 is 2.19. The normalized spacial score (nSPS) is 10.2. The fourth-order valence-electron chi connectivity index (χ4n) is 1.53. The molecule has 0 unspecified atom stereocenters. The number of carbonyl (C=O) groups is 1. The van der Waals surface area contributed by atoms with Crippen LogP contribution in [0.4, 0.5) is 4.39 Å². The van der Waals surface area contributed by atoms with Crippen molar-refractivity contribution in [2.75, 3.05) is 0 Å². The zero-order chi connectivity index (χ0) is 13.8. The molecule has 2 rings (SSSR count). The lowest BCUT2D eigenvalue weighted by molar-refractivity contribution is 0.1000. The summed E-state index contributed by atoms with van der Waals surface area (Å²) in [6.07, 6.45) is 0. The van der Waals surface area contributed by atoms with E-state index in [1.807, 2.05) is 12.1 Å². The van der Waals surface area contributed by atoms with Crippen LogP contribution in [0.5, 0.6) is 5.75 Å². The topological polar surface area (TPSA) is 52.3 Å². The van der Waals surface area contributed by atoms with E-state index < -0.39 is 11.7 Å². The van der Waals surface area contributed by atoms with Gasteiger partial charge in [-0.2, -0.15) is 0 Å². The van der Waals surface area contributed by atoms with Crippen molar-refractivity contribution >= 4 is 28.5 Å². The van der Waals surface area contributed by atoms with Crippen molar-refractivity contribution in [3.63, 3.8) is 0 Å². The van der Waals surface area contributed by atoms with Crippen LogP contribution >= 0.6 is 22.6 Å². The minimum absolute atomic E-state index is 0.0492. The molecule has 0 aromatic heterocycles. The van der Waals surface area contributed by atoms with E-state index >= 15 is 0 Å². The Morgan fingerprint density at radius 1 is 1.21 bits per heavy atom. The predicted molar refractivity (Wildman–Crippen MR) is 78.4 cm³/mol. The summed E-state index contributed by atoms with van der Waals surface area (Å²) in [6.45, 7) is 0.0492. The molecular formula is C14H11FINO2. The zero-order valence-electron chi connectivity index (χ0n) is 9.90. The van der Waals surface area contributed by atoms with Crippen molar-refractivity contribution in [3.8, 4) is 5.75 Å². The summed E-state index contributed by atoms with van der Waals surface area (Å²) in [7, 11) is 0. The smallest absolute Gasteiger partial charge is 0.248 e. The Morgan fingerprint density at radius 2 is 1.89 bits per heavy atom. The highest BCUT2D eigenvalue weighted by molar-refractivity contribution is 14.1. The Kier molecular flexibility index (Phi) is 4.36. The van der Waals surface area contributed by atoms with Crippen molar-refractivity contribution < 1.29 is 13.9 Å². The lowest BCUT2D eigenvalue weighted by Gasteiger charge is -2.08. The van der Waals surface area contributed by atoms with E-state index in [4.69, 9.17) is 10.5 Å². The van der Waals surface area contributed by atoms with E-state index in [9.17, 15) is 9.18 Å². The number of hydrogen-bond acceptors (Lipinski definition) is 2. The Balaban J connectivity index is 2.12. The third-order valence-corrected chi connectivity index (χ3v) is 3.26. The molecule has 19 heavy (non-hydrogen) atoms. The summed E-state index contributed by atoms with van der Waals surface area (Å²) < 4.78 is 20.1. The molecule has 0 aliphatic rings. The number of halogens is 2. The van der Waals surface area contributed by atoms with E-state index in [0.29, 0.717) is 11.3 Å². The molecule has 0 atom stereocenters. The van der Waals surface area contributed by atoms with E-state index in [1.54, 1.807) is 12.1 Å². The quantitative estimate of drug-likeness (QED) is 0.840. The molecule has 0 heterocycles. The second kappa shape index (κ2) is 6.01. The highest BCUT2D eigenvalue weighted by Gasteiger charge is 2.07. The van der Waals surface area contributed by atoms with E-state index in [1.165, 1.54) is 18.2 Å². The fourth-order valence-corrected chi connectivity index (χ4v) is 1.89. The Bertz CT molecular complexity index is 599. The third kappa shape index (κ3) is 3.66. The molecule has 2 aromatic rings. The van der Waals surface area contributed by atoms with Gasteiger partial charge in [0.2, 0.25) is 5.91 Å². The van der Waals surface area contributed by atoms with Crippen LogP contribution < -0.4 is 10.5 Å². The number of benzene rings is 2. The van der Waals surface area contributed by atoms with Gasteiger partial charge in [0.05, 0.1) is 0 Å². The van der Waals surface area contributed by atoms with Crippen molar-refractivity contribution in [1.29, 1.82) is 0 Å². The number of rotatable bonds is 4. The maximum absolute atomic E-state index is 13.6. The van der Waals surface area contributed by atoms with Gasteiger partial charge in [0.25, 0.3) is 0 Å². The molecule has 0 radical (unpaired) electrons. The number of carbonyl (C=O) groups excluding carboxylic acids is 1. The molecule has 0 fully saturated rings. The largest absolute Gasteiger partial charge is 0.489 e. The Labute approximate surface area is 123 Å². The molecule has 0 aliphatic carbocycles. The molecule has 0 saturated carbocycles. The number of hydrogen-bond donors (Lipinski definition) is 1. The van der Waals surface area contributed by atoms with E-state index in [0.717, 1.165) is 3.57 Å². The number of primary amides is 1. The van der Waals surface area contributed by atoms with Gasteiger partial charge in [-0.3, -0.25) is 4.79 Å². The summed E-state index contributed by atoms with van der Waals surface area (Å²) in [4.78, 5) is 11.0. The molecule has 2 aromatic carbocycles. The van der Waals surface area contributed by atoms with Crippen LogP contribution in [0.3, 0.4) is 0 Å². The standard InChI is InChI=1S/C14H11FINO2/c15-13-6-1-9(14(17)18)7-10(13)8-19-12-4-2-11(16)3-5-12/h1-7H,8H2,(H2,17,18). The maximum Gasteiger partial charge on any atom is 0.248 e. The predicted octanol–water partition coefficient (Wildman–Crippen LogP) is 3.11. The monoisotopic (exact) mass is 371 g/mol. The first-order valence-corrected chi connectivity index (χ1v) is 6.61. The molecule has 98 valence electrons. The summed E-state index contributed by atoms with van der Waals surface area (Å²) in [6, 6.07) is 11.4. The highest BCUT2D eigenvalue weighted by atomic mass is 127. The first-order valence-electron chi connectivity index (χ1n) is 5.53. The highest BCUT2D eigenvalue weighted by Crippen LogP contribution is 2.17. The van der Waals surface area contributed by atoms with Gasteiger partial charge in [0.15, 0.2) is 0 Å². The Morgan fingerprint density at radius 3 is 2.53 bits per heavy atom. The lowest BCUT2D eigenvalue weighted by atomic mass is 10.1. The first kappa shape index (κ1) is 13.8. The van der Waals surface area contributed by atoms with Crippen LogP contribution in [0.25, 0.3) is 0 Å². The van der Waals surface area contributed by atoms with Crippen LogP contribution in [0.1, 0.15) is 15.9 Å². The van der Waals surface area contributed by atoms with Crippen LogP contribution in [0.2, 0.25) is 0 Å². The minimum atomic E-state index is -0.587. The second-order valence-corrected chi connectivity index (χ2v) is 5.16. The van der Waals surface area contributed by atoms with Crippen LogP contribution in [0, 0.1) is 9.39 Å². The van der Waals surface area contributed by atoms with Gasteiger partial charge in [0.1, 0.15) is 18.2 Å². The van der Waals surface area contributed by atoms with Gasteiger partial charge in [-0.05, 0) is 65.1 Å². The molecule has 0 bridgehead atoms. The number of nitrogens with two attached hydrogens (primary N) is 1. The van der Waals surface area contributed by atoms with Gasteiger partial charge in [-0.25, -0.2) is 4.39 Å². The van der Waals surface area contributed by atoms with Crippen LogP contribution in [-0.4, -0.2) is 5.91 Å². The average molecular weight is 371 g/mol. The molecule has 0 aliphatic heterocycles. The minimum Gasteiger partial charge on any atom is -0.489 e. The van der Waals surface area contributed by atoms with Gasteiger partial charge < -0.3 is 10.5 Å². The lowest BCUT2D eigenvalue weighted by Crippen LogP contribution is -2.12. The number of ether oxygens (including phenoxy) is 1. The average Bonchev–Trinajstić information content (AvgIpc) is 2.39. The summed E-state index contributed by atoms with van der Waals surface area (Å²) in [5.41, 5.74) is 5.72. The molecule has 3 nitrogen and oxygen atoms in total. The molecule has 0 saturated heterocycles. The van der Waals surface area contributed by atoms with Crippen LogP contribution in [-0.2, 0) is 6.61 Å². The second-order valence-electron chi connectivity index (χ2n) is 3.91. The summed E-state index contributed by atoms with van der Waals surface area (Å²) in [5, 5.41) is 0. The van der Waals surface area contributed by atoms with Crippen molar-refractivity contribution in [2.24, 2.45) is 5.73 Å². The SMILES string of the molecule is NC(=O)c1ccc(F)c(COc2ccc(I)cc2)c1. The third-order valence-electron chi connectivity index (χ3n) is 2.54. The fraction of sp³-hybridized carbons (Fsp3) is 0.0714. The Hall–Kier alpha value is -1.63. The van der Waals surface area contributed by atoms with Gasteiger partial charge in [0, 0.05) is 14.7 Å². The maximum atomic E-state index is 13.6. The van der Waals surface area contributed by atoms with E-state index in [2.05, 4.69) is 22.6 Å². The van der Waals surface area contributed by atoms with Crippen molar-refractivity contribution in [1.82, 2.24) is 0 Å². The number of amides is 1. The van der Waals surface area contributed by atoms with Gasteiger partial charge in [-0.1, -0.05) is 0 Å².